The molecule has 0 aromatic heterocycles. The Balaban J connectivity index is 2.23. The number of para-hydroxylation sites is 2. The molecule has 2 rings (SSSR count). The number of carbonyl (C=O) groups is 1. The first-order valence-corrected chi connectivity index (χ1v) is 7.47. The summed E-state index contributed by atoms with van der Waals surface area (Å²) in [7, 11) is 1.56. The number of hydrogen-bond acceptors (Lipinski definition) is 4. The van der Waals surface area contributed by atoms with Crippen LogP contribution in [-0.4, -0.2) is 19.6 Å². The van der Waals surface area contributed by atoms with Gasteiger partial charge in [-0.15, -0.1) is 0 Å². The first-order valence-electron chi connectivity index (χ1n) is 7.47. The van der Waals surface area contributed by atoms with E-state index in [1.54, 1.807) is 49.6 Å². The lowest BCUT2D eigenvalue weighted by Gasteiger charge is -2.10. The Bertz CT molecular complexity index is 791. The molecule has 1 amide bonds. The van der Waals surface area contributed by atoms with Crippen molar-refractivity contribution >= 4 is 17.7 Å². The normalized spacial score (nSPS) is 10.6. The van der Waals surface area contributed by atoms with Gasteiger partial charge < -0.3 is 14.8 Å². The maximum Gasteiger partial charge on any atom is 0.266 e. The number of nitrogens with one attached hydrogen (secondary N) is 1. The van der Waals surface area contributed by atoms with E-state index in [2.05, 4.69) is 5.32 Å². The summed E-state index contributed by atoms with van der Waals surface area (Å²) in [5.41, 5.74) is 1.23. The summed E-state index contributed by atoms with van der Waals surface area (Å²) in [5.74, 6) is 0.725. The molecular formula is C19H18N2O3. The van der Waals surface area contributed by atoms with Gasteiger partial charge in [0.1, 0.15) is 23.1 Å². The minimum atomic E-state index is -0.493. The van der Waals surface area contributed by atoms with E-state index in [4.69, 9.17) is 9.47 Å². The zero-order valence-corrected chi connectivity index (χ0v) is 13.6. The number of anilines is 1. The van der Waals surface area contributed by atoms with Gasteiger partial charge in [0.25, 0.3) is 5.91 Å². The number of hydrogen-bond donors (Lipinski definition) is 1. The number of nitrogens with zero attached hydrogens (tertiary/aromatic N) is 1. The maximum atomic E-state index is 12.4. The van der Waals surface area contributed by atoms with Crippen LogP contribution in [0.1, 0.15) is 12.5 Å². The molecule has 0 fully saturated rings. The number of methoxy groups -OCH3 is 1. The number of nitriles is 1. The van der Waals surface area contributed by atoms with Gasteiger partial charge in [-0.3, -0.25) is 4.79 Å². The molecule has 0 saturated heterocycles. The second-order valence-electron chi connectivity index (χ2n) is 4.83. The highest BCUT2D eigenvalue weighted by Gasteiger charge is 2.12. The highest BCUT2D eigenvalue weighted by atomic mass is 16.5. The van der Waals surface area contributed by atoms with Gasteiger partial charge in [-0.25, -0.2) is 0 Å². The fourth-order valence-electron chi connectivity index (χ4n) is 2.09. The molecule has 24 heavy (non-hydrogen) atoms. The summed E-state index contributed by atoms with van der Waals surface area (Å²) < 4.78 is 10.6. The van der Waals surface area contributed by atoms with Crippen LogP contribution in [-0.2, 0) is 4.79 Å². The van der Waals surface area contributed by atoms with Crippen LogP contribution in [0.3, 0.4) is 0 Å². The lowest BCUT2D eigenvalue weighted by molar-refractivity contribution is -0.112. The van der Waals surface area contributed by atoms with Gasteiger partial charge in [-0.05, 0) is 42.8 Å². The van der Waals surface area contributed by atoms with Crippen molar-refractivity contribution in [1.82, 2.24) is 0 Å². The standard InChI is InChI=1S/C19H18N2O3/c1-3-24-18-10-5-4-9-17(18)21-19(22)15(13-20)11-14-7-6-8-16(12-14)23-2/h4-12H,3H2,1-2H3,(H,21,22)/b15-11+. The fourth-order valence-corrected chi connectivity index (χ4v) is 2.09. The number of rotatable bonds is 6. The average Bonchev–Trinajstić information content (AvgIpc) is 2.61. The second kappa shape index (κ2) is 8.39. The Morgan fingerprint density at radius 1 is 1.25 bits per heavy atom. The van der Waals surface area contributed by atoms with Crippen molar-refractivity contribution in [1.29, 1.82) is 5.26 Å². The molecule has 0 saturated carbocycles. The second-order valence-corrected chi connectivity index (χ2v) is 4.83. The average molecular weight is 322 g/mol. The van der Waals surface area contributed by atoms with E-state index < -0.39 is 5.91 Å². The van der Waals surface area contributed by atoms with E-state index in [9.17, 15) is 10.1 Å². The van der Waals surface area contributed by atoms with Crippen molar-refractivity contribution in [3.05, 3.63) is 59.7 Å². The third-order valence-electron chi connectivity index (χ3n) is 3.20. The summed E-state index contributed by atoms with van der Waals surface area (Å²) in [6.45, 7) is 2.35. The molecule has 0 atom stereocenters. The van der Waals surface area contributed by atoms with Crippen LogP contribution in [0.5, 0.6) is 11.5 Å². The molecule has 0 aliphatic heterocycles. The summed E-state index contributed by atoms with van der Waals surface area (Å²) in [6.07, 6.45) is 1.52. The van der Waals surface area contributed by atoms with Gasteiger partial charge in [0.2, 0.25) is 0 Å². The van der Waals surface area contributed by atoms with Crippen molar-refractivity contribution in [3.8, 4) is 17.6 Å². The third kappa shape index (κ3) is 4.37. The lowest BCUT2D eigenvalue weighted by Crippen LogP contribution is -2.14. The first kappa shape index (κ1) is 17.1. The summed E-state index contributed by atoms with van der Waals surface area (Å²) >= 11 is 0. The zero-order chi connectivity index (χ0) is 17.4. The van der Waals surface area contributed by atoms with Crippen LogP contribution in [0, 0.1) is 11.3 Å². The molecule has 0 aliphatic rings. The van der Waals surface area contributed by atoms with Crippen molar-refractivity contribution in [3.63, 3.8) is 0 Å². The maximum absolute atomic E-state index is 12.4. The van der Waals surface area contributed by atoms with Gasteiger partial charge in [-0.1, -0.05) is 24.3 Å². The van der Waals surface area contributed by atoms with Gasteiger partial charge >= 0.3 is 0 Å². The van der Waals surface area contributed by atoms with Crippen LogP contribution in [0.25, 0.3) is 6.08 Å². The number of benzene rings is 2. The van der Waals surface area contributed by atoms with Gasteiger partial charge in [0.05, 0.1) is 19.4 Å². The minimum absolute atomic E-state index is 0.00504. The molecule has 5 nitrogen and oxygen atoms in total. The molecule has 0 spiro atoms. The highest BCUT2D eigenvalue weighted by molar-refractivity contribution is 6.10. The van der Waals surface area contributed by atoms with E-state index in [0.29, 0.717) is 29.4 Å². The van der Waals surface area contributed by atoms with E-state index in [0.717, 1.165) is 0 Å². The minimum Gasteiger partial charge on any atom is -0.497 e. The Hall–Kier alpha value is -3.26. The SMILES string of the molecule is CCOc1ccccc1NC(=O)/C(C#N)=C/c1cccc(OC)c1. The molecule has 1 N–H and O–H groups in total. The summed E-state index contributed by atoms with van der Waals surface area (Å²) in [5, 5.41) is 12.0. The van der Waals surface area contributed by atoms with Crippen molar-refractivity contribution in [2.45, 2.75) is 6.92 Å². The Morgan fingerprint density at radius 3 is 2.75 bits per heavy atom. The fraction of sp³-hybridized carbons (Fsp3) is 0.158. The van der Waals surface area contributed by atoms with Gasteiger partial charge in [0, 0.05) is 0 Å². The Morgan fingerprint density at radius 2 is 2.04 bits per heavy atom. The molecule has 0 heterocycles. The van der Waals surface area contributed by atoms with Crippen LogP contribution in [0.2, 0.25) is 0 Å². The van der Waals surface area contributed by atoms with Crippen LogP contribution in [0.4, 0.5) is 5.69 Å². The molecule has 2 aromatic carbocycles. The number of amides is 1. The summed E-state index contributed by atoms with van der Waals surface area (Å²) in [6, 6.07) is 16.1. The van der Waals surface area contributed by atoms with Crippen LogP contribution < -0.4 is 14.8 Å². The van der Waals surface area contributed by atoms with E-state index >= 15 is 0 Å². The van der Waals surface area contributed by atoms with Gasteiger partial charge in [-0.2, -0.15) is 5.26 Å². The predicted octanol–water partition coefficient (Wildman–Crippen LogP) is 3.64. The van der Waals surface area contributed by atoms with Crippen LogP contribution in [0.15, 0.2) is 54.1 Å². The zero-order valence-electron chi connectivity index (χ0n) is 13.6. The molecule has 5 heteroatoms. The van der Waals surface area contributed by atoms with E-state index in [1.807, 2.05) is 19.1 Å². The van der Waals surface area contributed by atoms with Crippen molar-refractivity contribution in [2.24, 2.45) is 0 Å². The third-order valence-corrected chi connectivity index (χ3v) is 3.20. The topological polar surface area (TPSA) is 71.3 Å². The number of ether oxygens (including phenoxy) is 2. The molecule has 122 valence electrons. The molecule has 0 unspecified atom stereocenters. The number of carbonyl (C=O) groups excluding carboxylic acids is 1. The Labute approximate surface area is 141 Å². The highest BCUT2D eigenvalue weighted by Crippen LogP contribution is 2.24. The van der Waals surface area contributed by atoms with Gasteiger partial charge in [0.15, 0.2) is 0 Å². The van der Waals surface area contributed by atoms with Crippen molar-refractivity contribution < 1.29 is 14.3 Å². The molecular weight excluding hydrogens is 304 g/mol. The Kier molecular flexibility index (Phi) is 5.98. The molecule has 0 aliphatic carbocycles. The lowest BCUT2D eigenvalue weighted by atomic mass is 10.1. The molecule has 0 radical (unpaired) electrons. The predicted molar refractivity (Wildman–Crippen MR) is 92.8 cm³/mol. The largest absolute Gasteiger partial charge is 0.497 e. The van der Waals surface area contributed by atoms with Crippen LogP contribution >= 0.6 is 0 Å². The smallest absolute Gasteiger partial charge is 0.266 e. The quantitative estimate of drug-likeness (QED) is 0.651. The monoisotopic (exact) mass is 322 g/mol. The van der Waals surface area contributed by atoms with Crippen molar-refractivity contribution in [2.75, 3.05) is 19.0 Å². The molecule has 0 bridgehead atoms. The molecule has 2 aromatic rings. The van der Waals surface area contributed by atoms with E-state index in [1.165, 1.54) is 6.08 Å². The summed E-state index contributed by atoms with van der Waals surface area (Å²) in [4.78, 5) is 12.4. The van der Waals surface area contributed by atoms with E-state index in [-0.39, 0.29) is 5.57 Å². The first-order chi connectivity index (χ1) is 11.7.